The fourth-order valence-electron chi connectivity index (χ4n) is 2.63. The third kappa shape index (κ3) is 5.87. The van der Waals surface area contributed by atoms with Gasteiger partial charge in [-0.3, -0.25) is 0 Å². The number of benzene rings is 1. The summed E-state index contributed by atoms with van der Waals surface area (Å²) in [5.41, 5.74) is 0.319. The maximum atomic E-state index is 12.0. The van der Waals surface area contributed by atoms with Gasteiger partial charge in [-0.05, 0) is 63.8 Å². The summed E-state index contributed by atoms with van der Waals surface area (Å²) in [6, 6.07) is 5.48. The summed E-state index contributed by atoms with van der Waals surface area (Å²) in [6.45, 7) is 6.93. The number of alkyl carbamates (subject to hydrolysis) is 1. The van der Waals surface area contributed by atoms with Gasteiger partial charge >= 0.3 is 6.09 Å². The van der Waals surface area contributed by atoms with Crippen LogP contribution in [0.25, 0.3) is 0 Å². The topological polar surface area (TPSA) is 50.4 Å². The molecule has 1 aliphatic carbocycles. The van der Waals surface area contributed by atoms with Gasteiger partial charge in [-0.15, -0.1) is 0 Å². The first-order valence-corrected chi connectivity index (χ1v) is 8.60. The van der Waals surface area contributed by atoms with Crippen LogP contribution in [-0.4, -0.2) is 23.8 Å². The number of halogens is 2. The van der Waals surface area contributed by atoms with E-state index in [9.17, 15) is 4.79 Å². The fraction of sp³-hybridized carbons (Fsp3) is 0.588. The predicted molar refractivity (Wildman–Crippen MR) is 94.1 cm³/mol. The molecule has 1 aromatic carbocycles. The van der Waals surface area contributed by atoms with Crippen LogP contribution in [0.2, 0.25) is 10.0 Å². The van der Waals surface area contributed by atoms with Gasteiger partial charge in [-0.25, -0.2) is 4.79 Å². The number of carbonyl (C=O) groups is 1. The molecule has 1 aliphatic rings. The van der Waals surface area contributed by atoms with Gasteiger partial charge in [0.2, 0.25) is 0 Å². The van der Waals surface area contributed by atoms with Crippen LogP contribution in [0.4, 0.5) is 4.79 Å². The Balaban J connectivity index is 1.85. The molecule has 0 radical (unpaired) electrons. The second-order valence-electron chi connectivity index (χ2n) is 7.14. The lowest BCUT2D eigenvalue weighted by molar-refractivity contribution is 0.0382. The zero-order chi connectivity index (χ0) is 17.1. The average molecular weight is 359 g/mol. The molecule has 1 aromatic rings. The Morgan fingerprint density at radius 3 is 2.30 bits per heavy atom. The van der Waals surface area contributed by atoms with Crippen molar-refractivity contribution in [2.24, 2.45) is 0 Å². The highest BCUT2D eigenvalue weighted by molar-refractivity contribution is 6.34. The first-order chi connectivity index (χ1) is 10.7. The van der Waals surface area contributed by atoms with Crippen molar-refractivity contribution >= 4 is 29.3 Å². The maximum Gasteiger partial charge on any atom is 0.408 e. The number of hydrogen-bond donors (Lipinski definition) is 2. The lowest BCUT2D eigenvalue weighted by atomic mass is 9.76. The first-order valence-electron chi connectivity index (χ1n) is 7.84. The van der Waals surface area contributed by atoms with E-state index in [4.69, 9.17) is 27.9 Å². The quantitative estimate of drug-likeness (QED) is 0.812. The average Bonchev–Trinajstić information content (AvgIpc) is 2.32. The summed E-state index contributed by atoms with van der Waals surface area (Å²) in [4.78, 5) is 12.0. The Labute approximate surface area is 147 Å². The van der Waals surface area contributed by atoms with Crippen LogP contribution in [0.3, 0.4) is 0 Å². The van der Waals surface area contributed by atoms with Gasteiger partial charge in [0.1, 0.15) is 5.60 Å². The molecule has 4 nitrogen and oxygen atoms in total. The zero-order valence-electron chi connectivity index (χ0n) is 13.8. The van der Waals surface area contributed by atoms with Crippen LogP contribution < -0.4 is 10.6 Å². The summed E-state index contributed by atoms with van der Waals surface area (Å²) in [6.07, 6.45) is 2.66. The summed E-state index contributed by atoms with van der Waals surface area (Å²) in [7, 11) is 0. The summed E-state index contributed by atoms with van der Waals surface area (Å²) >= 11 is 12.0. The molecular weight excluding hydrogens is 335 g/mol. The van der Waals surface area contributed by atoms with Crippen molar-refractivity contribution in [3.8, 4) is 0 Å². The number of nitrogens with one attached hydrogen (secondary N) is 2. The number of carbonyl (C=O) groups excluding carboxylic acids is 1. The molecular formula is C17H24Cl2N2O2. The highest BCUT2D eigenvalue weighted by Crippen LogP contribution is 2.31. The van der Waals surface area contributed by atoms with E-state index in [2.05, 4.69) is 10.6 Å². The smallest absolute Gasteiger partial charge is 0.408 e. The Morgan fingerprint density at radius 2 is 1.83 bits per heavy atom. The Morgan fingerprint density at radius 1 is 1.22 bits per heavy atom. The molecule has 0 saturated heterocycles. The SMILES string of the molecule is CC(C)(C)OC(=O)NC1(CNCc2cc(Cl)cc(Cl)c2)CCC1. The summed E-state index contributed by atoms with van der Waals surface area (Å²) in [5, 5.41) is 7.65. The van der Waals surface area contributed by atoms with E-state index in [0.29, 0.717) is 23.1 Å². The molecule has 0 unspecified atom stereocenters. The molecule has 0 aliphatic heterocycles. The Kier molecular flexibility index (Phi) is 5.82. The molecule has 0 atom stereocenters. The molecule has 128 valence electrons. The number of ether oxygens (including phenoxy) is 1. The van der Waals surface area contributed by atoms with Gasteiger partial charge in [0, 0.05) is 23.1 Å². The maximum absolute atomic E-state index is 12.0. The third-order valence-electron chi connectivity index (χ3n) is 3.79. The van der Waals surface area contributed by atoms with Crippen LogP contribution in [0.1, 0.15) is 45.6 Å². The predicted octanol–water partition coefficient (Wildman–Crippen LogP) is 4.53. The second kappa shape index (κ2) is 7.29. The van der Waals surface area contributed by atoms with E-state index >= 15 is 0 Å². The molecule has 0 heterocycles. The molecule has 0 bridgehead atoms. The minimum Gasteiger partial charge on any atom is -0.444 e. The molecule has 0 spiro atoms. The number of rotatable bonds is 5. The molecule has 1 fully saturated rings. The van der Waals surface area contributed by atoms with Crippen molar-refractivity contribution in [1.82, 2.24) is 10.6 Å². The van der Waals surface area contributed by atoms with Crippen molar-refractivity contribution < 1.29 is 9.53 Å². The minimum absolute atomic E-state index is 0.218. The van der Waals surface area contributed by atoms with Crippen molar-refractivity contribution in [2.75, 3.05) is 6.54 Å². The lowest BCUT2D eigenvalue weighted by Gasteiger charge is -2.42. The second-order valence-corrected chi connectivity index (χ2v) is 8.01. The van der Waals surface area contributed by atoms with Gasteiger partial charge in [0.05, 0.1) is 5.54 Å². The highest BCUT2D eigenvalue weighted by Gasteiger charge is 2.39. The van der Waals surface area contributed by atoms with Crippen LogP contribution in [0.5, 0.6) is 0 Å². The van der Waals surface area contributed by atoms with Crippen LogP contribution in [0, 0.1) is 0 Å². The van der Waals surface area contributed by atoms with E-state index < -0.39 is 5.60 Å². The zero-order valence-corrected chi connectivity index (χ0v) is 15.4. The summed E-state index contributed by atoms with van der Waals surface area (Å²) in [5.74, 6) is 0. The van der Waals surface area contributed by atoms with Gasteiger partial charge in [0.25, 0.3) is 0 Å². The van der Waals surface area contributed by atoms with Gasteiger partial charge in [-0.1, -0.05) is 23.2 Å². The third-order valence-corrected chi connectivity index (χ3v) is 4.23. The fourth-order valence-corrected chi connectivity index (χ4v) is 3.20. The van der Waals surface area contributed by atoms with Crippen LogP contribution >= 0.6 is 23.2 Å². The van der Waals surface area contributed by atoms with Gasteiger partial charge < -0.3 is 15.4 Å². The Bertz CT molecular complexity index is 546. The van der Waals surface area contributed by atoms with E-state index in [1.165, 1.54) is 0 Å². The number of hydrogen-bond acceptors (Lipinski definition) is 3. The lowest BCUT2D eigenvalue weighted by Crippen LogP contribution is -2.59. The monoisotopic (exact) mass is 358 g/mol. The molecule has 0 aromatic heterocycles. The van der Waals surface area contributed by atoms with Crippen molar-refractivity contribution in [2.45, 2.75) is 57.7 Å². The minimum atomic E-state index is -0.486. The molecule has 6 heteroatoms. The summed E-state index contributed by atoms with van der Waals surface area (Å²) < 4.78 is 5.35. The number of amides is 1. The molecule has 2 rings (SSSR count). The molecule has 1 saturated carbocycles. The van der Waals surface area contributed by atoms with Gasteiger partial charge in [-0.2, -0.15) is 0 Å². The van der Waals surface area contributed by atoms with Crippen LogP contribution in [-0.2, 0) is 11.3 Å². The van der Waals surface area contributed by atoms with Gasteiger partial charge in [0.15, 0.2) is 0 Å². The van der Waals surface area contributed by atoms with Crippen molar-refractivity contribution in [1.29, 1.82) is 0 Å². The van der Waals surface area contributed by atoms with E-state index in [1.54, 1.807) is 6.07 Å². The highest BCUT2D eigenvalue weighted by atomic mass is 35.5. The Hall–Kier alpha value is -0.970. The van der Waals surface area contributed by atoms with Crippen molar-refractivity contribution in [3.63, 3.8) is 0 Å². The first kappa shape index (κ1) is 18.4. The largest absolute Gasteiger partial charge is 0.444 e. The van der Waals surface area contributed by atoms with E-state index in [0.717, 1.165) is 24.8 Å². The molecule has 2 N–H and O–H groups in total. The van der Waals surface area contributed by atoms with Crippen molar-refractivity contribution in [3.05, 3.63) is 33.8 Å². The van der Waals surface area contributed by atoms with Crippen LogP contribution in [0.15, 0.2) is 18.2 Å². The standard InChI is InChI=1S/C17H24Cl2N2O2/c1-16(2,3)23-15(22)21-17(5-4-6-17)11-20-10-12-7-13(18)9-14(19)8-12/h7-9,20H,4-6,10-11H2,1-3H3,(H,21,22). The van der Waals surface area contributed by atoms with E-state index in [1.807, 2.05) is 32.9 Å². The molecule has 23 heavy (non-hydrogen) atoms. The van der Waals surface area contributed by atoms with E-state index in [-0.39, 0.29) is 11.6 Å². The molecule has 1 amide bonds. The normalized spacial score (nSPS) is 16.6.